The Hall–Kier alpha value is -1.59. The van der Waals surface area contributed by atoms with E-state index in [4.69, 9.17) is 11.6 Å². The van der Waals surface area contributed by atoms with Crippen molar-refractivity contribution < 1.29 is 9.90 Å². The zero-order valence-corrected chi connectivity index (χ0v) is 19.0. The average Bonchev–Trinajstić information content (AvgIpc) is 3.22. The molecule has 2 N–H and O–H groups in total. The Labute approximate surface area is 190 Å². The van der Waals surface area contributed by atoms with Gasteiger partial charge >= 0.3 is 0 Å². The Kier molecular flexibility index (Phi) is 7.13. The number of piperidine rings is 1. The molecule has 0 saturated carbocycles. The van der Waals surface area contributed by atoms with Crippen molar-refractivity contribution in [3.63, 3.8) is 0 Å². The van der Waals surface area contributed by atoms with Gasteiger partial charge in [-0.25, -0.2) is 0 Å². The van der Waals surface area contributed by atoms with Crippen molar-refractivity contribution in [3.05, 3.63) is 70.7 Å². The Morgan fingerprint density at radius 3 is 2.23 bits per heavy atom. The van der Waals surface area contributed by atoms with Crippen molar-refractivity contribution in [2.75, 3.05) is 26.2 Å². The smallest absolute Gasteiger partial charge is 0.227 e. The van der Waals surface area contributed by atoms with E-state index >= 15 is 0 Å². The number of likely N-dealkylation sites (tertiary alicyclic amines) is 1. The van der Waals surface area contributed by atoms with Crippen molar-refractivity contribution in [3.8, 4) is 0 Å². The number of carbonyl (C=O) groups is 1. The summed E-state index contributed by atoms with van der Waals surface area (Å²) in [5.41, 5.74) is 1.17. The minimum atomic E-state index is -0.915. The maximum atomic E-state index is 13.5. The van der Waals surface area contributed by atoms with E-state index < -0.39 is 5.60 Å². The third-order valence-corrected chi connectivity index (χ3v) is 7.12. The number of rotatable bonds is 3. The molecule has 4 nitrogen and oxygen atoms in total. The maximum Gasteiger partial charge on any atom is 0.227 e. The van der Waals surface area contributed by atoms with Gasteiger partial charge in [-0.15, -0.1) is 12.4 Å². The first-order chi connectivity index (χ1) is 13.9. The lowest BCUT2D eigenvalue weighted by Crippen LogP contribution is -2.57. The highest BCUT2D eigenvalue weighted by atomic mass is 35.5. The zero-order chi connectivity index (χ0) is 20.6. The monoisotopic (exact) mass is 448 g/mol. The Balaban J connectivity index is 0.00000256. The number of nitrogens with one attached hydrogen (secondary N) is 1. The van der Waals surface area contributed by atoms with Gasteiger partial charge in [-0.1, -0.05) is 67.9 Å². The Bertz CT molecular complexity index is 847. The molecule has 5 atom stereocenters. The number of halogens is 2. The number of nitrogens with zero attached hydrogens (tertiary/aromatic N) is 1. The predicted octanol–water partition coefficient (Wildman–Crippen LogP) is 4.07. The van der Waals surface area contributed by atoms with E-state index in [0.717, 1.165) is 17.7 Å². The summed E-state index contributed by atoms with van der Waals surface area (Å²) in [6.45, 7) is 6.72. The lowest BCUT2D eigenvalue weighted by atomic mass is 9.70. The van der Waals surface area contributed by atoms with Crippen LogP contribution < -0.4 is 5.32 Å². The summed E-state index contributed by atoms with van der Waals surface area (Å²) in [5.74, 6) is 0.171. The molecule has 0 aromatic heterocycles. The van der Waals surface area contributed by atoms with Gasteiger partial charge in [0.15, 0.2) is 0 Å². The standard InChI is InChI=1S/C24H29ClN2O2.ClH/c1-16-14-27(15-17(2)24(16,29)19-6-4-3-5-7-19)23(28)22-13-26-12-21(22)18-8-10-20(25)11-9-18;/h3-11,16-17,21-22,26,29H,12-15H2,1-2H3;1H/t16-,17+,21-,22+,24?;/m0./s1. The van der Waals surface area contributed by atoms with Gasteiger partial charge in [-0.2, -0.15) is 0 Å². The Morgan fingerprint density at radius 1 is 1.03 bits per heavy atom. The first-order valence-electron chi connectivity index (χ1n) is 10.4. The topological polar surface area (TPSA) is 52.6 Å². The highest BCUT2D eigenvalue weighted by molar-refractivity contribution is 6.30. The van der Waals surface area contributed by atoms with E-state index in [1.54, 1.807) is 0 Å². The molecule has 1 amide bonds. The lowest BCUT2D eigenvalue weighted by Gasteiger charge is -2.48. The fraction of sp³-hybridized carbons (Fsp3) is 0.458. The second-order valence-electron chi connectivity index (χ2n) is 8.66. The van der Waals surface area contributed by atoms with Gasteiger partial charge in [0, 0.05) is 49.0 Å². The van der Waals surface area contributed by atoms with Crippen LogP contribution in [0.5, 0.6) is 0 Å². The zero-order valence-electron chi connectivity index (χ0n) is 17.4. The number of hydrogen-bond acceptors (Lipinski definition) is 3. The molecule has 0 spiro atoms. The third kappa shape index (κ3) is 4.11. The molecule has 2 aromatic carbocycles. The highest BCUT2D eigenvalue weighted by Crippen LogP contribution is 2.42. The molecule has 0 bridgehead atoms. The minimum absolute atomic E-state index is 0. The summed E-state index contributed by atoms with van der Waals surface area (Å²) >= 11 is 6.03. The number of aliphatic hydroxyl groups is 1. The predicted molar refractivity (Wildman–Crippen MR) is 123 cm³/mol. The van der Waals surface area contributed by atoms with Crippen LogP contribution in [0.4, 0.5) is 0 Å². The molecule has 162 valence electrons. The van der Waals surface area contributed by atoms with E-state index in [1.807, 2.05) is 73.3 Å². The SMILES string of the molecule is C[C@@H]1CN(C(=O)[C@@H]2CNC[C@H]2c2ccc(Cl)cc2)C[C@H](C)C1(O)c1ccccc1.Cl. The second-order valence-corrected chi connectivity index (χ2v) is 9.10. The van der Waals surface area contributed by atoms with Gasteiger partial charge in [0.25, 0.3) is 0 Å². The van der Waals surface area contributed by atoms with Gasteiger partial charge < -0.3 is 15.3 Å². The summed E-state index contributed by atoms with van der Waals surface area (Å²) in [6.07, 6.45) is 0. The van der Waals surface area contributed by atoms with Crippen molar-refractivity contribution in [2.45, 2.75) is 25.4 Å². The third-order valence-electron chi connectivity index (χ3n) is 6.87. The van der Waals surface area contributed by atoms with Crippen LogP contribution in [0.25, 0.3) is 0 Å². The normalized spacial score (nSPS) is 31.3. The van der Waals surface area contributed by atoms with Gasteiger partial charge in [-0.3, -0.25) is 4.79 Å². The molecule has 2 aliphatic heterocycles. The molecule has 30 heavy (non-hydrogen) atoms. The van der Waals surface area contributed by atoms with Crippen molar-refractivity contribution >= 4 is 29.9 Å². The van der Waals surface area contributed by atoms with Gasteiger partial charge in [0.05, 0.1) is 11.5 Å². The molecule has 6 heteroatoms. The van der Waals surface area contributed by atoms with Crippen molar-refractivity contribution in [1.29, 1.82) is 0 Å². The van der Waals surface area contributed by atoms with E-state index in [9.17, 15) is 9.90 Å². The van der Waals surface area contributed by atoms with Crippen LogP contribution in [0.15, 0.2) is 54.6 Å². The largest absolute Gasteiger partial charge is 0.384 e. The van der Waals surface area contributed by atoms with Crippen LogP contribution in [0, 0.1) is 17.8 Å². The first-order valence-corrected chi connectivity index (χ1v) is 10.8. The average molecular weight is 449 g/mol. The lowest BCUT2D eigenvalue weighted by molar-refractivity contribution is -0.152. The minimum Gasteiger partial charge on any atom is -0.384 e. The quantitative estimate of drug-likeness (QED) is 0.743. The summed E-state index contributed by atoms with van der Waals surface area (Å²) in [4.78, 5) is 15.4. The summed E-state index contributed by atoms with van der Waals surface area (Å²) in [5, 5.41) is 15.6. The summed E-state index contributed by atoms with van der Waals surface area (Å²) in [6, 6.07) is 17.7. The molecular weight excluding hydrogens is 419 g/mol. The van der Waals surface area contributed by atoms with E-state index in [0.29, 0.717) is 24.7 Å². The molecule has 4 rings (SSSR count). The van der Waals surface area contributed by atoms with E-state index in [1.165, 1.54) is 0 Å². The van der Waals surface area contributed by atoms with Crippen LogP contribution >= 0.6 is 24.0 Å². The number of hydrogen-bond donors (Lipinski definition) is 2. The second kappa shape index (κ2) is 9.27. The first kappa shape index (κ1) is 23.1. The van der Waals surface area contributed by atoms with Crippen LogP contribution in [-0.2, 0) is 10.4 Å². The van der Waals surface area contributed by atoms with Crippen molar-refractivity contribution in [1.82, 2.24) is 10.2 Å². The van der Waals surface area contributed by atoms with Crippen LogP contribution in [0.1, 0.15) is 30.9 Å². The van der Waals surface area contributed by atoms with Crippen LogP contribution in [0.2, 0.25) is 5.02 Å². The fourth-order valence-electron chi connectivity index (χ4n) is 5.19. The van der Waals surface area contributed by atoms with Gasteiger partial charge in [0.1, 0.15) is 0 Å². The van der Waals surface area contributed by atoms with Crippen LogP contribution in [0.3, 0.4) is 0 Å². The van der Waals surface area contributed by atoms with Crippen molar-refractivity contribution in [2.24, 2.45) is 17.8 Å². The number of carbonyl (C=O) groups excluding carboxylic acids is 1. The molecule has 2 aliphatic rings. The molecule has 0 radical (unpaired) electrons. The molecule has 2 fully saturated rings. The highest BCUT2D eigenvalue weighted by Gasteiger charge is 2.48. The van der Waals surface area contributed by atoms with Gasteiger partial charge in [-0.05, 0) is 23.3 Å². The van der Waals surface area contributed by atoms with Crippen LogP contribution in [-0.4, -0.2) is 42.1 Å². The molecule has 2 saturated heterocycles. The summed E-state index contributed by atoms with van der Waals surface area (Å²) < 4.78 is 0. The fourth-order valence-corrected chi connectivity index (χ4v) is 5.31. The Morgan fingerprint density at radius 2 is 1.63 bits per heavy atom. The number of benzene rings is 2. The molecule has 1 unspecified atom stereocenters. The molecule has 0 aliphatic carbocycles. The molecule has 2 heterocycles. The summed E-state index contributed by atoms with van der Waals surface area (Å²) in [7, 11) is 0. The van der Waals surface area contributed by atoms with E-state index in [-0.39, 0.29) is 42.0 Å². The maximum absolute atomic E-state index is 13.5. The van der Waals surface area contributed by atoms with Gasteiger partial charge in [0.2, 0.25) is 5.91 Å². The molecule has 2 aromatic rings. The molecular formula is C24H30Cl2N2O2. The number of amides is 1. The van der Waals surface area contributed by atoms with E-state index in [2.05, 4.69) is 5.32 Å².